The number of anilines is 1. The Bertz CT molecular complexity index is 2700. The van der Waals surface area contributed by atoms with E-state index in [2.05, 4.69) is 218 Å². The minimum atomic E-state index is 0.288. The Hall–Kier alpha value is -6.90. The number of hydrogen-bond donors (Lipinski definition) is 0. The molecule has 0 saturated carbocycles. The molecule has 2 nitrogen and oxygen atoms in total. The average molecular weight is 722 g/mol. The van der Waals surface area contributed by atoms with Crippen molar-refractivity contribution in [1.82, 2.24) is 0 Å². The Labute approximate surface area is 329 Å². The lowest BCUT2D eigenvalue weighted by Crippen LogP contribution is -2.24. The van der Waals surface area contributed by atoms with Gasteiger partial charge in [0.1, 0.15) is 11.3 Å². The highest BCUT2D eigenvalue weighted by molar-refractivity contribution is 6.05. The van der Waals surface area contributed by atoms with Crippen LogP contribution in [0.1, 0.15) is 35.6 Å². The first-order valence-corrected chi connectivity index (χ1v) is 19.5. The van der Waals surface area contributed by atoms with Gasteiger partial charge in [0.05, 0.1) is 5.69 Å². The van der Waals surface area contributed by atoms with Crippen LogP contribution in [-0.2, 0) is 0 Å². The molecule has 1 aromatic heterocycles. The summed E-state index contributed by atoms with van der Waals surface area (Å²) >= 11 is 0. The van der Waals surface area contributed by atoms with Crippen LogP contribution in [0.15, 0.2) is 240 Å². The van der Waals surface area contributed by atoms with E-state index >= 15 is 0 Å². The second-order valence-electron chi connectivity index (χ2n) is 14.4. The first kappa shape index (κ1) is 34.8. The topological polar surface area (TPSA) is 16.4 Å². The number of rotatable bonds is 8. The first-order chi connectivity index (χ1) is 27.7. The van der Waals surface area contributed by atoms with Crippen molar-refractivity contribution < 1.29 is 4.42 Å². The fourth-order valence-corrected chi connectivity index (χ4v) is 8.08. The molecule has 0 aliphatic heterocycles. The molecule has 3 aliphatic rings. The Morgan fingerprint density at radius 3 is 2.18 bits per heavy atom. The summed E-state index contributed by atoms with van der Waals surface area (Å²) in [5.74, 6) is 1.40. The standard InChI is InChI=1S/C54H43NO/c1-2-16-51(53-38-46-30-29-44-20-12-13-22-49(44)54(46)56-53)50-23-14-15-24-52(50)55(48-36-33-40-19-8-5-3-4-6-9-21-45(40)37-48)47-34-31-43(32-35-47)42-27-25-41(26-28-42)39-17-10-7-11-18-39/h2-31,34-38,40,43H,1,32-33H2/b5-3-,6-4+,19-8+,21-9-,51-16-. The third-order valence-corrected chi connectivity index (χ3v) is 10.9. The van der Waals surface area contributed by atoms with Crippen molar-refractivity contribution in [3.05, 3.63) is 253 Å². The zero-order valence-corrected chi connectivity index (χ0v) is 31.3. The van der Waals surface area contributed by atoms with Crippen LogP contribution in [0.25, 0.3) is 38.4 Å². The SMILES string of the molecule is C=C/C=C(\c1cc2ccc3ccccc3c2o1)c1ccccc1N(C1=CCC2/C=C/C=C\C=C\C=C/C2=C1)C1=CCC(c2ccc(-c3ccccc3)cc2)C=C1. The second-order valence-corrected chi connectivity index (χ2v) is 14.4. The summed E-state index contributed by atoms with van der Waals surface area (Å²) in [5.41, 5.74) is 11.4. The van der Waals surface area contributed by atoms with Crippen LogP contribution in [0, 0.1) is 5.92 Å². The predicted octanol–water partition coefficient (Wildman–Crippen LogP) is 14.4. The van der Waals surface area contributed by atoms with E-state index in [0.29, 0.717) is 5.92 Å². The van der Waals surface area contributed by atoms with Crippen LogP contribution < -0.4 is 4.90 Å². The first-order valence-electron chi connectivity index (χ1n) is 19.5. The molecule has 0 amide bonds. The smallest absolute Gasteiger partial charge is 0.142 e. The maximum Gasteiger partial charge on any atom is 0.142 e. The number of benzene rings is 5. The Balaban J connectivity index is 1.12. The molecule has 5 aromatic carbocycles. The van der Waals surface area contributed by atoms with Gasteiger partial charge >= 0.3 is 0 Å². The second kappa shape index (κ2) is 15.8. The molecule has 56 heavy (non-hydrogen) atoms. The van der Waals surface area contributed by atoms with Crippen molar-refractivity contribution in [3.8, 4) is 11.1 Å². The van der Waals surface area contributed by atoms with Crippen LogP contribution in [0.3, 0.4) is 0 Å². The van der Waals surface area contributed by atoms with Gasteiger partial charge in [0.25, 0.3) is 0 Å². The van der Waals surface area contributed by atoms with E-state index in [1.54, 1.807) is 0 Å². The molecule has 9 rings (SSSR count). The van der Waals surface area contributed by atoms with Crippen molar-refractivity contribution in [2.45, 2.75) is 18.8 Å². The summed E-state index contributed by atoms with van der Waals surface area (Å²) in [7, 11) is 0. The third-order valence-electron chi connectivity index (χ3n) is 10.9. The highest BCUT2D eigenvalue weighted by atomic mass is 16.3. The normalized spacial score (nSPS) is 20.3. The summed E-state index contributed by atoms with van der Waals surface area (Å²) < 4.78 is 6.78. The molecule has 0 bridgehead atoms. The minimum Gasteiger partial charge on any atom is -0.455 e. The molecule has 3 aliphatic carbocycles. The summed E-state index contributed by atoms with van der Waals surface area (Å²) in [5, 5.41) is 3.35. The Morgan fingerprint density at radius 2 is 1.34 bits per heavy atom. The summed E-state index contributed by atoms with van der Waals surface area (Å²) in [4.78, 5) is 2.44. The number of furan rings is 1. The van der Waals surface area contributed by atoms with E-state index in [1.807, 2.05) is 6.08 Å². The molecule has 0 N–H and O–H groups in total. The van der Waals surface area contributed by atoms with Crippen molar-refractivity contribution in [3.63, 3.8) is 0 Å². The fraction of sp³-hybridized carbons (Fsp3) is 0.0741. The third kappa shape index (κ3) is 7.06. The molecule has 0 radical (unpaired) electrons. The summed E-state index contributed by atoms with van der Waals surface area (Å²) in [6.07, 6.45) is 34.8. The van der Waals surface area contributed by atoms with Crippen LogP contribution in [0.4, 0.5) is 5.69 Å². The van der Waals surface area contributed by atoms with E-state index in [9.17, 15) is 0 Å². The van der Waals surface area contributed by atoms with Gasteiger partial charge in [0.2, 0.25) is 0 Å². The molecule has 0 saturated heterocycles. The van der Waals surface area contributed by atoms with E-state index in [0.717, 1.165) is 68.6 Å². The number of para-hydroxylation sites is 1. The number of allylic oxidation sites excluding steroid dienone is 16. The Kier molecular flexibility index (Phi) is 9.85. The largest absolute Gasteiger partial charge is 0.455 e. The van der Waals surface area contributed by atoms with Gasteiger partial charge in [-0.1, -0.05) is 195 Å². The molecule has 1 heterocycles. The zero-order chi connectivity index (χ0) is 37.7. The molecular formula is C54H43NO. The number of fused-ring (bicyclic) bond motifs is 4. The lowest BCUT2D eigenvalue weighted by molar-refractivity contribution is 0.603. The average Bonchev–Trinajstić information content (AvgIpc) is 3.70. The van der Waals surface area contributed by atoms with Crippen LogP contribution in [-0.4, -0.2) is 0 Å². The molecule has 0 fully saturated rings. The van der Waals surface area contributed by atoms with E-state index in [4.69, 9.17) is 4.42 Å². The van der Waals surface area contributed by atoms with Crippen LogP contribution >= 0.6 is 0 Å². The minimum absolute atomic E-state index is 0.288. The van der Waals surface area contributed by atoms with Crippen LogP contribution in [0.2, 0.25) is 0 Å². The number of nitrogens with zero attached hydrogens (tertiary/aromatic N) is 1. The van der Waals surface area contributed by atoms with Gasteiger partial charge in [0.15, 0.2) is 0 Å². The van der Waals surface area contributed by atoms with E-state index in [1.165, 1.54) is 22.3 Å². The lowest BCUT2D eigenvalue weighted by Gasteiger charge is -2.34. The van der Waals surface area contributed by atoms with Gasteiger partial charge in [-0.15, -0.1) is 0 Å². The van der Waals surface area contributed by atoms with Crippen molar-refractivity contribution in [2.75, 3.05) is 4.90 Å². The van der Waals surface area contributed by atoms with Gasteiger partial charge < -0.3 is 9.32 Å². The van der Waals surface area contributed by atoms with E-state index < -0.39 is 0 Å². The van der Waals surface area contributed by atoms with Gasteiger partial charge in [0, 0.05) is 45.1 Å². The Morgan fingerprint density at radius 1 is 0.625 bits per heavy atom. The molecule has 270 valence electrons. The fourth-order valence-electron chi connectivity index (χ4n) is 8.08. The maximum atomic E-state index is 6.78. The maximum absolute atomic E-state index is 6.78. The summed E-state index contributed by atoms with van der Waals surface area (Å²) in [6, 6.07) is 43.2. The molecule has 2 heteroatoms. The molecule has 0 spiro atoms. The molecule has 2 unspecified atom stereocenters. The van der Waals surface area contributed by atoms with Gasteiger partial charge in [-0.05, 0) is 64.8 Å². The molecule has 2 atom stereocenters. The monoisotopic (exact) mass is 721 g/mol. The molecular weight excluding hydrogens is 679 g/mol. The van der Waals surface area contributed by atoms with Crippen LogP contribution in [0.5, 0.6) is 0 Å². The highest BCUT2D eigenvalue weighted by Crippen LogP contribution is 2.42. The van der Waals surface area contributed by atoms with Gasteiger partial charge in [-0.2, -0.15) is 0 Å². The van der Waals surface area contributed by atoms with E-state index in [-0.39, 0.29) is 5.92 Å². The quantitative estimate of drug-likeness (QED) is 0.146. The lowest BCUT2D eigenvalue weighted by atomic mass is 9.87. The molecule has 6 aromatic rings. The van der Waals surface area contributed by atoms with Crippen molar-refractivity contribution >= 4 is 33.0 Å². The highest BCUT2D eigenvalue weighted by Gasteiger charge is 2.26. The zero-order valence-electron chi connectivity index (χ0n) is 31.3. The van der Waals surface area contributed by atoms with Gasteiger partial charge in [-0.3, -0.25) is 0 Å². The van der Waals surface area contributed by atoms with Crippen molar-refractivity contribution in [1.29, 1.82) is 0 Å². The predicted molar refractivity (Wildman–Crippen MR) is 237 cm³/mol. The summed E-state index contributed by atoms with van der Waals surface area (Å²) in [6.45, 7) is 4.15. The van der Waals surface area contributed by atoms with Gasteiger partial charge in [-0.25, -0.2) is 0 Å². The van der Waals surface area contributed by atoms with Crippen molar-refractivity contribution in [2.24, 2.45) is 5.92 Å². The number of hydrogen-bond acceptors (Lipinski definition) is 2.